The number of likely N-dealkylation sites (tertiary alicyclic amines) is 1. The van der Waals surface area contributed by atoms with Crippen molar-refractivity contribution in [1.29, 1.82) is 0 Å². The van der Waals surface area contributed by atoms with E-state index >= 15 is 0 Å². The molecular formula is C12H17BrN2OS. The molecule has 1 amide bonds. The van der Waals surface area contributed by atoms with Crippen LogP contribution in [0, 0.1) is 5.92 Å². The van der Waals surface area contributed by atoms with Gasteiger partial charge < -0.3 is 9.80 Å². The number of rotatable bonds is 3. The highest BCUT2D eigenvalue weighted by atomic mass is 79.9. The van der Waals surface area contributed by atoms with Gasteiger partial charge in [-0.2, -0.15) is 0 Å². The first-order valence-corrected chi connectivity index (χ1v) is 7.41. The normalized spacial score (nSPS) is 20.8. The van der Waals surface area contributed by atoms with Crippen LogP contribution < -0.4 is 0 Å². The highest BCUT2D eigenvalue weighted by Gasteiger charge is 2.23. The minimum absolute atomic E-state index is 0.126. The minimum Gasteiger partial charge on any atom is -0.341 e. The molecule has 3 nitrogen and oxygen atoms in total. The van der Waals surface area contributed by atoms with Gasteiger partial charge in [0.2, 0.25) is 0 Å². The smallest absolute Gasteiger partial charge is 0.254 e. The Labute approximate surface area is 115 Å². The number of hydrogen-bond acceptors (Lipinski definition) is 3. The first-order valence-electron chi connectivity index (χ1n) is 5.74. The molecule has 1 aromatic rings. The first kappa shape index (κ1) is 13.1. The van der Waals surface area contributed by atoms with Crippen molar-refractivity contribution in [1.82, 2.24) is 9.80 Å². The van der Waals surface area contributed by atoms with E-state index in [-0.39, 0.29) is 5.91 Å². The fraction of sp³-hybridized carbons (Fsp3) is 0.583. The topological polar surface area (TPSA) is 23.6 Å². The molecule has 2 heterocycles. The fourth-order valence-corrected chi connectivity index (χ4v) is 3.42. The predicted molar refractivity (Wildman–Crippen MR) is 74.6 cm³/mol. The van der Waals surface area contributed by atoms with E-state index in [1.54, 1.807) is 11.3 Å². The Bertz CT molecular complexity index is 407. The summed E-state index contributed by atoms with van der Waals surface area (Å²) in [4.78, 5) is 16.3. The maximum absolute atomic E-state index is 12.1. The molecule has 94 valence electrons. The van der Waals surface area contributed by atoms with Crippen molar-refractivity contribution in [3.8, 4) is 0 Å². The van der Waals surface area contributed by atoms with E-state index in [0.29, 0.717) is 5.92 Å². The number of halogens is 1. The van der Waals surface area contributed by atoms with Crippen molar-refractivity contribution in [2.24, 2.45) is 5.92 Å². The minimum atomic E-state index is 0.126. The summed E-state index contributed by atoms with van der Waals surface area (Å²) in [6.07, 6.45) is 1.20. The average molecular weight is 317 g/mol. The monoisotopic (exact) mass is 316 g/mol. The van der Waals surface area contributed by atoms with Gasteiger partial charge in [-0.15, -0.1) is 11.3 Å². The third-order valence-electron chi connectivity index (χ3n) is 3.18. The van der Waals surface area contributed by atoms with Gasteiger partial charge in [-0.1, -0.05) is 0 Å². The molecule has 1 fully saturated rings. The van der Waals surface area contributed by atoms with Crippen LogP contribution in [0.25, 0.3) is 0 Å². The second kappa shape index (κ2) is 5.50. The standard InChI is InChI=1S/C12H17BrN2OS/c1-14-4-3-9(6-14)7-15(2)12(16)10-5-11(13)17-8-10/h5,8-9H,3-4,6-7H2,1-2H3. The number of carbonyl (C=O) groups is 1. The Kier molecular flexibility index (Phi) is 4.22. The molecule has 0 radical (unpaired) electrons. The van der Waals surface area contributed by atoms with Crippen LogP contribution in [0.3, 0.4) is 0 Å². The van der Waals surface area contributed by atoms with E-state index < -0.39 is 0 Å². The average Bonchev–Trinajstić information content (AvgIpc) is 2.87. The third kappa shape index (κ3) is 3.30. The molecular weight excluding hydrogens is 300 g/mol. The molecule has 1 saturated heterocycles. The highest BCUT2D eigenvalue weighted by Crippen LogP contribution is 2.22. The summed E-state index contributed by atoms with van der Waals surface area (Å²) >= 11 is 4.94. The molecule has 0 aromatic carbocycles. The Morgan fingerprint density at radius 1 is 1.71 bits per heavy atom. The molecule has 0 bridgehead atoms. The van der Waals surface area contributed by atoms with Crippen LogP contribution in [0.1, 0.15) is 16.8 Å². The van der Waals surface area contributed by atoms with Crippen molar-refractivity contribution < 1.29 is 4.79 Å². The van der Waals surface area contributed by atoms with Gasteiger partial charge in [0, 0.05) is 25.5 Å². The van der Waals surface area contributed by atoms with Gasteiger partial charge in [0.25, 0.3) is 5.91 Å². The molecule has 1 atom stereocenters. The fourth-order valence-electron chi connectivity index (χ4n) is 2.29. The Morgan fingerprint density at radius 2 is 2.47 bits per heavy atom. The third-order valence-corrected chi connectivity index (χ3v) is 4.69. The molecule has 17 heavy (non-hydrogen) atoms. The van der Waals surface area contributed by atoms with E-state index in [1.165, 1.54) is 6.42 Å². The molecule has 1 aromatic heterocycles. The van der Waals surface area contributed by atoms with Crippen LogP contribution in [-0.2, 0) is 0 Å². The first-order chi connectivity index (χ1) is 8.06. The molecule has 0 N–H and O–H groups in total. The Morgan fingerprint density at radius 3 is 3.00 bits per heavy atom. The summed E-state index contributed by atoms with van der Waals surface area (Å²) in [7, 11) is 4.03. The molecule has 2 rings (SSSR count). The lowest BCUT2D eigenvalue weighted by molar-refractivity contribution is 0.0774. The molecule has 1 aliphatic rings. The number of hydrogen-bond donors (Lipinski definition) is 0. The molecule has 5 heteroatoms. The van der Waals surface area contributed by atoms with Gasteiger partial charge >= 0.3 is 0 Å². The van der Waals surface area contributed by atoms with Crippen molar-refractivity contribution in [2.45, 2.75) is 6.42 Å². The van der Waals surface area contributed by atoms with Crippen molar-refractivity contribution in [3.05, 3.63) is 20.8 Å². The van der Waals surface area contributed by atoms with Crippen LogP contribution in [0.2, 0.25) is 0 Å². The van der Waals surface area contributed by atoms with Crippen molar-refractivity contribution >= 4 is 33.2 Å². The second-order valence-corrected chi connectivity index (χ2v) is 7.03. The zero-order valence-electron chi connectivity index (χ0n) is 10.1. The zero-order chi connectivity index (χ0) is 12.4. The summed E-state index contributed by atoms with van der Waals surface area (Å²) in [5.74, 6) is 0.748. The maximum atomic E-state index is 12.1. The lowest BCUT2D eigenvalue weighted by atomic mass is 10.1. The zero-order valence-corrected chi connectivity index (χ0v) is 12.6. The van der Waals surface area contributed by atoms with Crippen LogP contribution >= 0.6 is 27.3 Å². The maximum Gasteiger partial charge on any atom is 0.254 e. The Hall–Kier alpha value is -0.390. The number of nitrogens with zero attached hydrogens (tertiary/aromatic N) is 2. The SMILES string of the molecule is CN1CCC(CN(C)C(=O)c2csc(Br)c2)C1. The van der Waals surface area contributed by atoms with Gasteiger partial charge in [-0.3, -0.25) is 4.79 Å². The lowest BCUT2D eigenvalue weighted by Crippen LogP contribution is -2.32. The van der Waals surface area contributed by atoms with Crippen molar-refractivity contribution in [2.75, 3.05) is 33.7 Å². The largest absolute Gasteiger partial charge is 0.341 e. The van der Waals surface area contributed by atoms with Crippen LogP contribution in [0.15, 0.2) is 15.2 Å². The summed E-state index contributed by atoms with van der Waals surface area (Å²) in [5, 5.41) is 1.91. The molecule has 0 spiro atoms. The number of amides is 1. The van der Waals surface area contributed by atoms with Crippen LogP contribution in [0.4, 0.5) is 0 Å². The molecule has 1 unspecified atom stereocenters. The summed E-state index contributed by atoms with van der Waals surface area (Å²) in [6.45, 7) is 3.11. The lowest BCUT2D eigenvalue weighted by Gasteiger charge is -2.20. The van der Waals surface area contributed by atoms with Crippen LogP contribution in [0.5, 0.6) is 0 Å². The number of carbonyl (C=O) groups excluding carboxylic acids is 1. The quantitative estimate of drug-likeness (QED) is 0.855. The highest BCUT2D eigenvalue weighted by molar-refractivity contribution is 9.11. The summed E-state index contributed by atoms with van der Waals surface area (Å²) in [6, 6.07) is 1.89. The van der Waals surface area contributed by atoms with Crippen LogP contribution in [-0.4, -0.2) is 49.4 Å². The predicted octanol–water partition coefficient (Wildman–Crippen LogP) is 2.53. The second-order valence-electron chi connectivity index (χ2n) is 4.74. The number of thiophene rings is 1. The van der Waals surface area contributed by atoms with E-state index in [0.717, 1.165) is 29.0 Å². The van der Waals surface area contributed by atoms with E-state index in [1.807, 2.05) is 23.4 Å². The van der Waals surface area contributed by atoms with E-state index in [2.05, 4.69) is 27.9 Å². The van der Waals surface area contributed by atoms with Gasteiger partial charge in [0.1, 0.15) is 0 Å². The van der Waals surface area contributed by atoms with Gasteiger partial charge in [-0.25, -0.2) is 0 Å². The summed E-state index contributed by atoms with van der Waals surface area (Å²) in [5.41, 5.74) is 0.788. The molecule has 1 aliphatic heterocycles. The molecule has 0 aliphatic carbocycles. The van der Waals surface area contributed by atoms with E-state index in [4.69, 9.17) is 0 Å². The van der Waals surface area contributed by atoms with Crippen molar-refractivity contribution in [3.63, 3.8) is 0 Å². The van der Waals surface area contributed by atoms with E-state index in [9.17, 15) is 4.79 Å². The van der Waals surface area contributed by atoms with Gasteiger partial charge in [0.15, 0.2) is 0 Å². The molecule has 0 saturated carbocycles. The van der Waals surface area contributed by atoms with Gasteiger partial charge in [-0.05, 0) is 47.9 Å². The summed E-state index contributed by atoms with van der Waals surface area (Å²) < 4.78 is 1.01. The van der Waals surface area contributed by atoms with Gasteiger partial charge in [0.05, 0.1) is 9.35 Å². The Balaban J connectivity index is 1.91.